The second-order valence-electron chi connectivity index (χ2n) is 3.72. The van der Waals surface area contributed by atoms with E-state index in [2.05, 4.69) is 20.4 Å². The number of aliphatic hydroxyl groups excluding tert-OH is 1. The Morgan fingerprint density at radius 2 is 2.12 bits per heavy atom. The average molecular weight is 258 g/mol. The molecule has 0 aliphatic rings. The highest BCUT2D eigenvalue weighted by Crippen LogP contribution is 2.23. The summed E-state index contributed by atoms with van der Waals surface area (Å²) in [5, 5.41) is 9.69. The second kappa shape index (κ2) is 6.58. The number of hydrogen-bond donors (Lipinski definition) is 3. The molecule has 4 N–H and O–H groups in total. The number of aliphatic hydroxyl groups is 1. The highest BCUT2D eigenvalue weighted by atomic mass is 32.2. The van der Waals surface area contributed by atoms with E-state index < -0.39 is 0 Å². The number of thioether (sulfide) groups is 1. The number of nitrogens with zero attached hydrogens (tertiary/aromatic N) is 4. The fraction of sp³-hybridized carbons (Fsp3) is 0.667. The molecule has 0 amide bonds. The summed E-state index contributed by atoms with van der Waals surface area (Å²) < 4.78 is 0. The maximum atomic E-state index is 8.85. The van der Waals surface area contributed by atoms with Gasteiger partial charge < -0.3 is 10.0 Å². The third-order valence-electron chi connectivity index (χ3n) is 1.97. The van der Waals surface area contributed by atoms with Crippen LogP contribution in [-0.4, -0.2) is 46.0 Å². The summed E-state index contributed by atoms with van der Waals surface area (Å²) in [6, 6.07) is 0. The molecule has 0 aromatic carbocycles. The number of hydrogen-bond acceptors (Lipinski definition) is 8. The van der Waals surface area contributed by atoms with E-state index in [1.54, 1.807) is 4.90 Å². The molecule has 1 heterocycles. The fourth-order valence-corrected chi connectivity index (χ4v) is 1.94. The van der Waals surface area contributed by atoms with Crippen molar-refractivity contribution < 1.29 is 5.11 Å². The summed E-state index contributed by atoms with van der Waals surface area (Å²) >= 11 is 1.48. The molecule has 17 heavy (non-hydrogen) atoms. The first-order valence-corrected chi connectivity index (χ1v) is 6.12. The molecule has 1 atom stereocenters. The molecule has 7 nitrogen and oxygen atoms in total. The average Bonchev–Trinajstić information content (AvgIpc) is 2.28. The topological polar surface area (TPSA) is 100 Å². The van der Waals surface area contributed by atoms with Crippen LogP contribution in [0.25, 0.3) is 0 Å². The third kappa shape index (κ3) is 4.33. The van der Waals surface area contributed by atoms with E-state index in [9.17, 15) is 0 Å². The van der Waals surface area contributed by atoms with Gasteiger partial charge in [0, 0.05) is 26.0 Å². The Morgan fingerprint density at radius 1 is 1.41 bits per heavy atom. The zero-order valence-corrected chi connectivity index (χ0v) is 11.0. The van der Waals surface area contributed by atoms with Crippen LogP contribution < -0.4 is 16.2 Å². The van der Waals surface area contributed by atoms with Crippen molar-refractivity contribution in [2.75, 3.05) is 31.0 Å². The van der Waals surface area contributed by atoms with Gasteiger partial charge in [-0.25, -0.2) is 5.84 Å². The molecule has 1 unspecified atom stereocenters. The molecule has 0 radical (unpaired) electrons. The van der Waals surface area contributed by atoms with E-state index in [-0.39, 0.29) is 11.9 Å². The molecule has 1 rings (SSSR count). The van der Waals surface area contributed by atoms with Crippen LogP contribution in [0.2, 0.25) is 0 Å². The predicted molar refractivity (Wildman–Crippen MR) is 69.0 cm³/mol. The number of nitrogens with two attached hydrogens (primary N) is 1. The van der Waals surface area contributed by atoms with Crippen molar-refractivity contribution in [3.63, 3.8) is 0 Å². The smallest absolute Gasteiger partial charge is 0.242 e. The molecule has 0 aliphatic heterocycles. The molecule has 0 saturated heterocycles. The molecular formula is C9H18N6OS. The molecule has 1 aromatic rings. The molecule has 0 saturated carbocycles. The second-order valence-corrected chi connectivity index (χ2v) is 5.13. The van der Waals surface area contributed by atoms with Gasteiger partial charge >= 0.3 is 0 Å². The Kier molecular flexibility index (Phi) is 5.39. The minimum absolute atomic E-state index is 0.155. The first-order chi connectivity index (χ1) is 8.06. The summed E-state index contributed by atoms with van der Waals surface area (Å²) in [5.74, 6) is 6.19. The van der Waals surface area contributed by atoms with Crippen molar-refractivity contribution in [2.24, 2.45) is 5.84 Å². The van der Waals surface area contributed by atoms with Crippen LogP contribution >= 0.6 is 11.8 Å². The van der Waals surface area contributed by atoms with Crippen LogP contribution in [0.5, 0.6) is 0 Å². The van der Waals surface area contributed by atoms with Gasteiger partial charge in [0.1, 0.15) is 0 Å². The van der Waals surface area contributed by atoms with Gasteiger partial charge in [0.15, 0.2) is 5.16 Å². The number of rotatable bonds is 6. The lowest BCUT2D eigenvalue weighted by Crippen LogP contribution is -2.18. The van der Waals surface area contributed by atoms with E-state index in [1.807, 2.05) is 21.0 Å². The van der Waals surface area contributed by atoms with Gasteiger partial charge in [-0.1, -0.05) is 18.7 Å². The lowest BCUT2D eigenvalue weighted by molar-refractivity contribution is 0.289. The van der Waals surface area contributed by atoms with Crippen molar-refractivity contribution in [1.82, 2.24) is 15.0 Å². The first-order valence-electron chi connectivity index (χ1n) is 5.24. The van der Waals surface area contributed by atoms with Crippen molar-refractivity contribution in [3.8, 4) is 0 Å². The summed E-state index contributed by atoms with van der Waals surface area (Å²) in [4.78, 5) is 14.3. The molecule has 1 aromatic heterocycles. The summed E-state index contributed by atoms with van der Waals surface area (Å²) in [6.07, 6.45) is 0.693. The summed E-state index contributed by atoms with van der Waals surface area (Å²) in [7, 11) is 3.70. The van der Waals surface area contributed by atoms with Crippen molar-refractivity contribution in [1.29, 1.82) is 0 Å². The molecule has 0 spiro atoms. The van der Waals surface area contributed by atoms with Gasteiger partial charge in [-0.15, -0.1) is 0 Å². The number of anilines is 2. The van der Waals surface area contributed by atoms with Crippen LogP contribution in [0, 0.1) is 0 Å². The largest absolute Gasteiger partial charge is 0.396 e. The van der Waals surface area contributed by atoms with Gasteiger partial charge in [-0.05, 0) is 6.42 Å². The monoisotopic (exact) mass is 258 g/mol. The number of hydrazine groups is 1. The Balaban J connectivity index is 2.87. The number of nitrogens with one attached hydrogen (secondary N) is 1. The van der Waals surface area contributed by atoms with Crippen LogP contribution in [0.4, 0.5) is 11.9 Å². The zero-order chi connectivity index (χ0) is 12.8. The van der Waals surface area contributed by atoms with E-state index in [0.29, 0.717) is 23.5 Å². The van der Waals surface area contributed by atoms with Gasteiger partial charge in [0.25, 0.3) is 0 Å². The Labute approximate surface area is 105 Å². The van der Waals surface area contributed by atoms with Crippen LogP contribution in [0.15, 0.2) is 5.16 Å². The number of aromatic nitrogens is 3. The van der Waals surface area contributed by atoms with Gasteiger partial charge in [0.2, 0.25) is 11.9 Å². The van der Waals surface area contributed by atoms with Crippen LogP contribution in [0.1, 0.15) is 13.3 Å². The highest BCUT2D eigenvalue weighted by molar-refractivity contribution is 7.99. The summed E-state index contributed by atoms with van der Waals surface area (Å²) in [6.45, 7) is 2.16. The molecular weight excluding hydrogens is 240 g/mol. The van der Waals surface area contributed by atoms with E-state index in [4.69, 9.17) is 10.9 Å². The van der Waals surface area contributed by atoms with Gasteiger partial charge in [-0.3, -0.25) is 5.43 Å². The minimum atomic E-state index is 0.155. The third-order valence-corrected chi connectivity index (χ3v) is 3.01. The molecule has 8 heteroatoms. The zero-order valence-electron chi connectivity index (χ0n) is 10.2. The lowest BCUT2D eigenvalue weighted by Gasteiger charge is -2.13. The maximum Gasteiger partial charge on any atom is 0.242 e. The Bertz CT molecular complexity index is 361. The molecule has 0 fully saturated rings. The van der Waals surface area contributed by atoms with Crippen molar-refractivity contribution >= 4 is 23.7 Å². The highest BCUT2D eigenvalue weighted by Gasteiger charge is 2.11. The van der Waals surface area contributed by atoms with Crippen LogP contribution in [0.3, 0.4) is 0 Å². The van der Waals surface area contributed by atoms with Gasteiger partial charge in [0.05, 0.1) is 0 Å². The van der Waals surface area contributed by atoms with E-state index in [1.165, 1.54) is 11.8 Å². The molecule has 96 valence electrons. The van der Waals surface area contributed by atoms with E-state index >= 15 is 0 Å². The normalized spacial score (nSPS) is 12.3. The lowest BCUT2D eigenvalue weighted by atomic mass is 10.4. The van der Waals surface area contributed by atoms with Gasteiger partial charge in [-0.2, -0.15) is 15.0 Å². The summed E-state index contributed by atoms with van der Waals surface area (Å²) in [5.41, 5.74) is 2.42. The van der Waals surface area contributed by atoms with Crippen molar-refractivity contribution in [3.05, 3.63) is 0 Å². The van der Waals surface area contributed by atoms with Crippen LogP contribution in [-0.2, 0) is 0 Å². The number of nitrogen functional groups attached to an aromatic ring is 1. The fourth-order valence-electron chi connectivity index (χ4n) is 1.08. The minimum Gasteiger partial charge on any atom is -0.396 e. The van der Waals surface area contributed by atoms with E-state index in [0.717, 1.165) is 0 Å². The maximum absolute atomic E-state index is 8.85. The SMILES string of the molecule is CC(CCO)Sc1nc(NN)nc(N(C)C)n1. The molecule has 0 aliphatic carbocycles. The Hall–Kier alpha value is -1.12. The Morgan fingerprint density at radius 3 is 2.65 bits per heavy atom. The van der Waals surface area contributed by atoms with Crippen molar-refractivity contribution in [2.45, 2.75) is 23.8 Å². The first kappa shape index (κ1) is 13.9. The standard InChI is InChI=1S/C9H18N6OS/c1-6(4-5-16)17-9-12-7(14-10)11-8(13-9)15(2)3/h6,16H,4-5,10H2,1-3H3,(H,11,12,13,14). The quantitative estimate of drug-likeness (QED) is 0.375. The molecule has 0 bridgehead atoms. The predicted octanol–water partition coefficient (Wildman–Crippen LogP) is 0.0862.